The number of anilines is 1. The maximum Gasteiger partial charge on any atom is 0.341 e. The molecule has 1 aromatic carbocycles. The Bertz CT molecular complexity index is 687. The second kappa shape index (κ2) is 6.49. The van der Waals surface area contributed by atoms with Gasteiger partial charge in [-0.15, -0.1) is 0 Å². The van der Waals surface area contributed by atoms with Crippen LogP contribution in [0.4, 0.5) is 10.2 Å². The minimum absolute atomic E-state index is 0.211. The zero-order chi connectivity index (χ0) is 15.4. The number of aryl methyl sites for hydroxylation is 1. The van der Waals surface area contributed by atoms with E-state index in [9.17, 15) is 14.0 Å². The Hall–Kier alpha value is -2.22. The van der Waals surface area contributed by atoms with E-state index in [4.69, 9.17) is 9.26 Å². The summed E-state index contributed by atoms with van der Waals surface area (Å²) in [6.45, 7) is 1.11. The van der Waals surface area contributed by atoms with E-state index in [0.717, 1.165) is 6.07 Å². The quantitative estimate of drug-likeness (QED) is 0.851. The van der Waals surface area contributed by atoms with Gasteiger partial charge in [-0.1, -0.05) is 21.1 Å². The van der Waals surface area contributed by atoms with Gasteiger partial charge in [0.1, 0.15) is 11.6 Å². The molecule has 0 fully saturated rings. The van der Waals surface area contributed by atoms with E-state index >= 15 is 0 Å². The normalized spacial score (nSPS) is 10.2. The van der Waals surface area contributed by atoms with E-state index in [1.165, 1.54) is 18.2 Å². The summed E-state index contributed by atoms with van der Waals surface area (Å²) < 4.78 is 23.5. The number of ether oxygens (including phenoxy) is 1. The molecule has 0 atom stereocenters. The molecule has 6 nitrogen and oxygen atoms in total. The Labute approximate surface area is 127 Å². The molecule has 1 heterocycles. The number of aromatic nitrogens is 1. The topological polar surface area (TPSA) is 81.4 Å². The summed E-state index contributed by atoms with van der Waals surface area (Å²) >= 11 is 3.07. The highest BCUT2D eigenvalue weighted by atomic mass is 79.9. The van der Waals surface area contributed by atoms with Crippen molar-refractivity contribution in [3.63, 3.8) is 0 Å². The van der Waals surface area contributed by atoms with Crippen LogP contribution in [0, 0.1) is 12.7 Å². The number of carbonyl (C=O) groups is 2. The van der Waals surface area contributed by atoms with Gasteiger partial charge in [0.25, 0.3) is 5.91 Å². The summed E-state index contributed by atoms with van der Waals surface area (Å²) in [5.74, 6) is -1.52. The number of esters is 1. The largest absolute Gasteiger partial charge is 0.452 e. The fourth-order valence-electron chi connectivity index (χ4n) is 1.47. The van der Waals surface area contributed by atoms with Gasteiger partial charge >= 0.3 is 5.97 Å². The molecule has 1 amide bonds. The zero-order valence-corrected chi connectivity index (χ0v) is 12.4. The molecular formula is C13H10BrFN2O4. The van der Waals surface area contributed by atoms with Crippen LogP contribution in [0.2, 0.25) is 0 Å². The molecule has 0 unspecified atom stereocenters. The molecule has 0 aliphatic carbocycles. The van der Waals surface area contributed by atoms with Gasteiger partial charge in [-0.3, -0.25) is 4.79 Å². The van der Waals surface area contributed by atoms with Crippen molar-refractivity contribution in [2.75, 3.05) is 11.9 Å². The maximum atomic E-state index is 13.5. The van der Waals surface area contributed by atoms with Crippen molar-refractivity contribution in [1.29, 1.82) is 0 Å². The lowest BCUT2D eigenvalue weighted by Crippen LogP contribution is -2.21. The molecule has 0 saturated heterocycles. The lowest BCUT2D eigenvalue weighted by Gasteiger charge is -2.05. The Morgan fingerprint density at radius 2 is 2.19 bits per heavy atom. The van der Waals surface area contributed by atoms with E-state index in [1.807, 2.05) is 0 Å². The Kier molecular flexibility index (Phi) is 4.69. The summed E-state index contributed by atoms with van der Waals surface area (Å²) in [4.78, 5) is 23.2. The summed E-state index contributed by atoms with van der Waals surface area (Å²) in [6, 6.07) is 5.40. The van der Waals surface area contributed by atoms with Crippen LogP contribution in [0.5, 0.6) is 0 Å². The monoisotopic (exact) mass is 356 g/mol. The lowest BCUT2D eigenvalue weighted by molar-refractivity contribution is -0.119. The first kappa shape index (κ1) is 15.2. The molecule has 8 heteroatoms. The second-order valence-corrected chi connectivity index (χ2v) is 4.99. The highest BCUT2D eigenvalue weighted by Gasteiger charge is 2.15. The highest BCUT2D eigenvalue weighted by molar-refractivity contribution is 9.10. The van der Waals surface area contributed by atoms with Crippen LogP contribution in [0.3, 0.4) is 0 Å². The number of carbonyl (C=O) groups excluding carboxylic acids is 2. The highest BCUT2D eigenvalue weighted by Crippen LogP contribution is 2.16. The number of amides is 1. The number of hydrogen-bond donors (Lipinski definition) is 1. The molecule has 0 saturated carbocycles. The van der Waals surface area contributed by atoms with E-state index in [1.54, 1.807) is 6.92 Å². The second-order valence-electron chi connectivity index (χ2n) is 4.07. The molecule has 0 radical (unpaired) electrons. The summed E-state index contributed by atoms with van der Waals surface area (Å²) in [5, 5.41) is 5.92. The third kappa shape index (κ3) is 4.12. The molecule has 1 N–H and O–H groups in total. The number of benzene rings is 1. The third-order valence-electron chi connectivity index (χ3n) is 2.38. The molecule has 0 aliphatic heterocycles. The first-order valence-electron chi connectivity index (χ1n) is 5.81. The number of nitrogens with zero attached hydrogens (tertiary/aromatic N) is 1. The molecular weight excluding hydrogens is 347 g/mol. The smallest absolute Gasteiger partial charge is 0.341 e. The lowest BCUT2D eigenvalue weighted by atomic mass is 10.2. The van der Waals surface area contributed by atoms with Gasteiger partial charge in [0.05, 0.1) is 5.56 Å². The van der Waals surface area contributed by atoms with Crippen molar-refractivity contribution in [1.82, 2.24) is 5.16 Å². The number of rotatable bonds is 4. The van der Waals surface area contributed by atoms with Gasteiger partial charge in [-0.05, 0) is 25.1 Å². The third-order valence-corrected chi connectivity index (χ3v) is 2.87. The SMILES string of the molecule is Cc1cc(NC(=O)COC(=O)c2ccc(Br)cc2F)no1. The molecule has 2 aromatic rings. The Morgan fingerprint density at radius 1 is 1.43 bits per heavy atom. The van der Waals surface area contributed by atoms with Crippen LogP contribution >= 0.6 is 15.9 Å². The first-order chi connectivity index (χ1) is 9.95. The van der Waals surface area contributed by atoms with Crippen molar-refractivity contribution in [3.8, 4) is 0 Å². The molecule has 2 rings (SSSR count). The van der Waals surface area contributed by atoms with Gasteiger partial charge < -0.3 is 14.6 Å². The van der Waals surface area contributed by atoms with Gasteiger partial charge in [-0.2, -0.15) is 0 Å². The van der Waals surface area contributed by atoms with Gasteiger partial charge in [0.2, 0.25) is 0 Å². The fourth-order valence-corrected chi connectivity index (χ4v) is 1.80. The van der Waals surface area contributed by atoms with E-state index in [2.05, 4.69) is 26.4 Å². The van der Waals surface area contributed by atoms with Crippen LogP contribution in [-0.2, 0) is 9.53 Å². The van der Waals surface area contributed by atoms with Crippen LogP contribution in [0.25, 0.3) is 0 Å². The average Bonchev–Trinajstić information content (AvgIpc) is 2.81. The van der Waals surface area contributed by atoms with Crippen molar-refractivity contribution < 1.29 is 23.2 Å². The summed E-state index contributed by atoms with van der Waals surface area (Å²) in [7, 11) is 0. The minimum Gasteiger partial charge on any atom is -0.452 e. The van der Waals surface area contributed by atoms with Gasteiger partial charge in [0, 0.05) is 10.5 Å². The van der Waals surface area contributed by atoms with E-state index < -0.39 is 24.3 Å². The zero-order valence-electron chi connectivity index (χ0n) is 10.9. The van der Waals surface area contributed by atoms with Crippen LogP contribution in [0.15, 0.2) is 33.3 Å². The summed E-state index contributed by atoms with van der Waals surface area (Å²) in [6.07, 6.45) is 0. The molecule has 0 aliphatic rings. The molecule has 1 aromatic heterocycles. The number of hydrogen-bond acceptors (Lipinski definition) is 5. The van der Waals surface area contributed by atoms with Crippen molar-refractivity contribution >= 4 is 33.6 Å². The van der Waals surface area contributed by atoms with E-state index in [0.29, 0.717) is 10.2 Å². The molecule has 0 bridgehead atoms. The van der Waals surface area contributed by atoms with Crippen LogP contribution < -0.4 is 5.32 Å². The number of nitrogens with one attached hydrogen (secondary N) is 1. The molecule has 110 valence electrons. The number of halogens is 2. The van der Waals surface area contributed by atoms with Crippen molar-refractivity contribution in [3.05, 3.63) is 45.9 Å². The van der Waals surface area contributed by atoms with Crippen LogP contribution in [-0.4, -0.2) is 23.6 Å². The Morgan fingerprint density at radius 3 is 2.81 bits per heavy atom. The molecule has 0 spiro atoms. The maximum absolute atomic E-state index is 13.5. The first-order valence-corrected chi connectivity index (χ1v) is 6.60. The standard InChI is InChI=1S/C13H10BrFN2O4/c1-7-4-11(17-21-7)16-12(18)6-20-13(19)9-3-2-8(14)5-10(9)15/h2-5H,6H2,1H3,(H,16,17,18). The molecule has 21 heavy (non-hydrogen) atoms. The average molecular weight is 357 g/mol. The van der Waals surface area contributed by atoms with Crippen molar-refractivity contribution in [2.45, 2.75) is 6.92 Å². The van der Waals surface area contributed by atoms with Crippen LogP contribution in [0.1, 0.15) is 16.1 Å². The van der Waals surface area contributed by atoms with E-state index in [-0.39, 0.29) is 11.4 Å². The minimum atomic E-state index is -0.925. The summed E-state index contributed by atoms with van der Waals surface area (Å²) in [5.41, 5.74) is -0.247. The predicted octanol–water partition coefficient (Wildman–Crippen LogP) is 2.68. The predicted molar refractivity (Wildman–Crippen MR) is 74.3 cm³/mol. The van der Waals surface area contributed by atoms with Gasteiger partial charge in [0.15, 0.2) is 12.4 Å². The fraction of sp³-hybridized carbons (Fsp3) is 0.154. The van der Waals surface area contributed by atoms with Crippen molar-refractivity contribution in [2.24, 2.45) is 0 Å². The Balaban J connectivity index is 1.90. The van der Waals surface area contributed by atoms with Gasteiger partial charge in [-0.25, -0.2) is 9.18 Å².